The Kier molecular flexibility index (Phi) is 7.12. The number of thioether (sulfide) groups is 1. The summed E-state index contributed by atoms with van der Waals surface area (Å²) in [5, 5.41) is 6.78. The Labute approximate surface area is 170 Å². The van der Waals surface area contributed by atoms with Gasteiger partial charge in [0.1, 0.15) is 0 Å². The molecule has 2 aromatic carbocycles. The van der Waals surface area contributed by atoms with Crippen LogP contribution in [0.4, 0.5) is 5.69 Å². The molecule has 3 rings (SSSR count). The lowest BCUT2D eigenvalue weighted by molar-refractivity contribution is 0.477. The van der Waals surface area contributed by atoms with E-state index in [9.17, 15) is 8.42 Å². The normalized spacial score (nSPS) is 14.8. The van der Waals surface area contributed by atoms with E-state index in [1.807, 2.05) is 18.2 Å². The molecular weight excluding hydrogens is 398 g/mol. The Morgan fingerprint density at radius 1 is 1.04 bits per heavy atom. The smallest absolute Gasteiger partial charge is 0.243 e. The van der Waals surface area contributed by atoms with Crippen LogP contribution in [0.15, 0.2) is 64.4 Å². The molecule has 144 valence electrons. The first-order chi connectivity index (χ1) is 13.1. The van der Waals surface area contributed by atoms with Crippen molar-refractivity contribution >= 4 is 44.8 Å². The molecule has 2 N–H and O–H groups in total. The zero-order valence-electron chi connectivity index (χ0n) is 14.9. The molecule has 0 bridgehead atoms. The van der Waals surface area contributed by atoms with Gasteiger partial charge in [0.2, 0.25) is 10.0 Å². The molecule has 5 nitrogen and oxygen atoms in total. The first kappa shape index (κ1) is 20.1. The maximum atomic E-state index is 12.5. The molecule has 0 radical (unpaired) electrons. The number of nitrogens with zero attached hydrogens (tertiary/aromatic N) is 1. The minimum atomic E-state index is -3.37. The van der Waals surface area contributed by atoms with E-state index in [1.165, 1.54) is 4.90 Å². The van der Waals surface area contributed by atoms with Crippen LogP contribution >= 0.6 is 24.0 Å². The number of sulfonamides is 1. The second-order valence-electron chi connectivity index (χ2n) is 6.18. The molecule has 8 heteroatoms. The van der Waals surface area contributed by atoms with Gasteiger partial charge in [-0.25, -0.2) is 8.42 Å². The van der Waals surface area contributed by atoms with E-state index in [0.717, 1.165) is 30.8 Å². The fourth-order valence-electron chi connectivity index (χ4n) is 2.81. The van der Waals surface area contributed by atoms with E-state index in [4.69, 9.17) is 12.2 Å². The number of nitrogens with one attached hydrogen (secondary N) is 2. The summed E-state index contributed by atoms with van der Waals surface area (Å²) in [5.74, 6) is 0.902. The average molecular weight is 422 g/mol. The van der Waals surface area contributed by atoms with Crippen molar-refractivity contribution in [3.05, 3.63) is 54.6 Å². The summed E-state index contributed by atoms with van der Waals surface area (Å²) in [6, 6.07) is 17.0. The van der Waals surface area contributed by atoms with Crippen LogP contribution in [0.5, 0.6) is 0 Å². The third-order valence-corrected chi connectivity index (χ3v) is 7.39. The van der Waals surface area contributed by atoms with E-state index in [2.05, 4.69) is 22.8 Å². The van der Waals surface area contributed by atoms with Gasteiger partial charge < -0.3 is 10.6 Å². The van der Waals surface area contributed by atoms with Gasteiger partial charge in [-0.2, -0.15) is 4.31 Å². The lowest BCUT2D eigenvalue weighted by Crippen LogP contribution is -2.30. The van der Waals surface area contributed by atoms with Crippen LogP contribution in [-0.4, -0.2) is 43.2 Å². The highest BCUT2D eigenvalue weighted by molar-refractivity contribution is 7.99. The number of benzene rings is 2. The van der Waals surface area contributed by atoms with Gasteiger partial charge in [0.15, 0.2) is 5.11 Å². The Hall–Kier alpha value is -1.61. The summed E-state index contributed by atoms with van der Waals surface area (Å²) in [6.45, 7) is 1.96. The van der Waals surface area contributed by atoms with Crippen molar-refractivity contribution in [3.8, 4) is 0 Å². The number of hydrogen-bond acceptors (Lipinski definition) is 4. The van der Waals surface area contributed by atoms with Crippen LogP contribution in [0.1, 0.15) is 12.8 Å². The molecule has 1 aliphatic rings. The summed E-state index contributed by atoms with van der Waals surface area (Å²) in [4.78, 5) is 1.56. The Morgan fingerprint density at radius 2 is 1.70 bits per heavy atom. The quantitative estimate of drug-likeness (QED) is 0.405. The summed E-state index contributed by atoms with van der Waals surface area (Å²) >= 11 is 7.07. The van der Waals surface area contributed by atoms with Gasteiger partial charge >= 0.3 is 0 Å². The molecule has 0 spiro atoms. The van der Waals surface area contributed by atoms with Crippen molar-refractivity contribution in [2.24, 2.45) is 0 Å². The second-order valence-corrected chi connectivity index (χ2v) is 9.69. The van der Waals surface area contributed by atoms with Crippen molar-refractivity contribution in [2.75, 3.05) is 30.7 Å². The predicted molar refractivity (Wildman–Crippen MR) is 116 cm³/mol. The molecule has 0 saturated carbocycles. The molecule has 27 heavy (non-hydrogen) atoms. The molecule has 1 saturated heterocycles. The number of hydrogen-bond donors (Lipinski definition) is 2. The predicted octanol–water partition coefficient (Wildman–Crippen LogP) is 3.55. The zero-order chi connectivity index (χ0) is 19.1. The number of thiocarbonyl (C=S) groups is 1. The molecule has 0 amide bonds. The summed E-state index contributed by atoms with van der Waals surface area (Å²) in [6.07, 6.45) is 1.86. The van der Waals surface area contributed by atoms with Gasteiger partial charge in [0.05, 0.1) is 4.90 Å². The number of anilines is 1. The van der Waals surface area contributed by atoms with E-state index in [1.54, 1.807) is 40.3 Å². The fourth-order valence-corrected chi connectivity index (χ4v) is 5.34. The highest BCUT2D eigenvalue weighted by atomic mass is 32.2. The lowest BCUT2D eigenvalue weighted by Gasteiger charge is -2.16. The van der Waals surface area contributed by atoms with Crippen molar-refractivity contribution in [1.82, 2.24) is 9.62 Å². The largest absolute Gasteiger partial charge is 0.362 e. The number of rotatable bonds is 7. The Morgan fingerprint density at radius 3 is 2.37 bits per heavy atom. The van der Waals surface area contributed by atoms with Gasteiger partial charge in [0, 0.05) is 36.0 Å². The lowest BCUT2D eigenvalue weighted by atomic mass is 10.3. The maximum Gasteiger partial charge on any atom is 0.243 e. The summed E-state index contributed by atoms with van der Waals surface area (Å²) < 4.78 is 26.6. The topological polar surface area (TPSA) is 61.4 Å². The van der Waals surface area contributed by atoms with Crippen LogP contribution in [0.3, 0.4) is 0 Å². The molecule has 1 fully saturated rings. The molecule has 1 heterocycles. The molecule has 0 atom stereocenters. The highest BCUT2D eigenvalue weighted by Gasteiger charge is 2.26. The van der Waals surface area contributed by atoms with Gasteiger partial charge in [0.25, 0.3) is 0 Å². The summed E-state index contributed by atoms with van der Waals surface area (Å²) in [5.41, 5.74) is 0.767. The average Bonchev–Trinajstić information content (AvgIpc) is 3.22. The Balaban J connectivity index is 1.45. The van der Waals surface area contributed by atoms with Crippen LogP contribution < -0.4 is 10.6 Å². The standard InChI is InChI=1S/C19H23N3O2S3/c23-27(24,22-13-4-5-14-22)18-10-8-16(9-11-18)21-19(25)20-12-15-26-17-6-2-1-3-7-17/h1-3,6-11H,4-5,12-15H2,(H2,20,21,25). The van der Waals surface area contributed by atoms with Gasteiger partial charge in [-0.05, 0) is 61.5 Å². The first-order valence-electron chi connectivity index (χ1n) is 8.89. The molecule has 2 aromatic rings. The fraction of sp³-hybridized carbons (Fsp3) is 0.316. The van der Waals surface area contributed by atoms with Crippen molar-refractivity contribution in [3.63, 3.8) is 0 Å². The highest BCUT2D eigenvalue weighted by Crippen LogP contribution is 2.22. The van der Waals surface area contributed by atoms with Crippen molar-refractivity contribution in [1.29, 1.82) is 0 Å². The SMILES string of the molecule is O=S(=O)(c1ccc(NC(=S)NCCSc2ccccc2)cc1)N1CCCC1. The van der Waals surface area contributed by atoms with Crippen LogP contribution in [-0.2, 0) is 10.0 Å². The third kappa shape index (κ3) is 5.68. The van der Waals surface area contributed by atoms with Crippen molar-refractivity contribution < 1.29 is 8.42 Å². The minimum Gasteiger partial charge on any atom is -0.362 e. The van der Waals surface area contributed by atoms with Gasteiger partial charge in [-0.15, -0.1) is 11.8 Å². The van der Waals surface area contributed by atoms with E-state index in [0.29, 0.717) is 23.1 Å². The molecule has 0 unspecified atom stereocenters. The monoisotopic (exact) mass is 421 g/mol. The molecule has 0 aromatic heterocycles. The van der Waals surface area contributed by atoms with E-state index >= 15 is 0 Å². The first-order valence-corrected chi connectivity index (χ1v) is 11.7. The molecular formula is C19H23N3O2S3. The summed E-state index contributed by atoms with van der Waals surface area (Å²) in [7, 11) is -3.37. The third-order valence-electron chi connectivity index (χ3n) is 4.21. The van der Waals surface area contributed by atoms with Gasteiger partial charge in [-0.1, -0.05) is 18.2 Å². The maximum absolute atomic E-state index is 12.5. The van der Waals surface area contributed by atoms with E-state index < -0.39 is 10.0 Å². The van der Waals surface area contributed by atoms with E-state index in [-0.39, 0.29) is 0 Å². The van der Waals surface area contributed by atoms with Gasteiger partial charge in [-0.3, -0.25) is 0 Å². The second kappa shape index (κ2) is 9.54. The van der Waals surface area contributed by atoms with Crippen molar-refractivity contribution in [2.45, 2.75) is 22.6 Å². The van der Waals surface area contributed by atoms with Crippen LogP contribution in [0.25, 0.3) is 0 Å². The molecule has 0 aliphatic carbocycles. The molecule has 1 aliphatic heterocycles. The Bertz CT molecular complexity index is 850. The zero-order valence-corrected chi connectivity index (χ0v) is 17.4. The minimum absolute atomic E-state index is 0.327. The van der Waals surface area contributed by atoms with Crippen LogP contribution in [0, 0.1) is 0 Å². The van der Waals surface area contributed by atoms with Crippen LogP contribution in [0.2, 0.25) is 0 Å².